The van der Waals surface area contributed by atoms with Gasteiger partial charge < -0.3 is 10.8 Å². The Bertz CT molecular complexity index is 1060. The molecule has 1 saturated heterocycles. The quantitative estimate of drug-likeness (QED) is 0.657. The van der Waals surface area contributed by atoms with Gasteiger partial charge >= 0.3 is 0 Å². The van der Waals surface area contributed by atoms with E-state index in [0.717, 1.165) is 18.7 Å². The lowest BCUT2D eigenvalue weighted by Crippen LogP contribution is -2.64. The second-order valence-corrected chi connectivity index (χ2v) is 9.46. The average Bonchev–Trinajstić information content (AvgIpc) is 3.12. The first kappa shape index (κ1) is 21.1. The summed E-state index contributed by atoms with van der Waals surface area (Å²) in [6, 6.07) is 10.8. The van der Waals surface area contributed by atoms with Crippen molar-refractivity contribution in [2.75, 3.05) is 17.8 Å². The number of aromatic nitrogens is 4. The third-order valence-corrected chi connectivity index (χ3v) is 6.18. The maximum Gasteiger partial charge on any atom is 0.165 e. The number of nitrogen functional groups attached to an aromatic ring is 1. The number of hydrogen-bond donors (Lipinski definition) is 2. The van der Waals surface area contributed by atoms with Gasteiger partial charge in [-0.15, -0.1) is 10.2 Å². The van der Waals surface area contributed by atoms with E-state index in [-0.39, 0.29) is 16.8 Å². The van der Waals surface area contributed by atoms with E-state index in [1.807, 2.05) is 25.2 Å². The summed E-state index contributed by atoms with van der Waals surface area (Å²) >= 11 is 0. The summed E-state index contributed by atoms with van der Waals surface area (Å²) in [5, 5.41) is 28.2. The van der Waals surface area contributed by atoms with Gasteiger partial charge in [0.2, 0.25) is 0 Å². The number of hydrazine groups is 1. The van der Waals surface area contributed by atoms with Crippen molar-refractivity contribution in [3.63, 3.8) is 0 Å². The molecule has 1 aliphatic heterocycles. The van der Waals surface area contributed by atoms with Crippen molar-refractivity contribution in [3.05, 3.63) is 42.6 Å². The number of hydrogen-bond acceptors (Lipinski definition) is 7. The molecule has 8 nitrogen and oxygen atoms in total. The Morgan fingerprint density at radius 3 is 2.26 bits per heavy atom. The van der Waals surface area contributed by atoms with Crippen LogP contribution in [-0.2, 0) is 0 Å². The Morgan fingerprint density at radius 1 is 1.00 bits per heavy atom. The number of nitrogens with two attached hydrogens (primary N) is 1. The molecule has 0 saturated carbocycles. The topological polar surface area (TPSA) is 96.3 Å². The maximum atomic E-state index is 10.6. The lowest BCUT2D eigenvalue weighted by atomic mass is 9.81. The van der Waals surface area contributed by atoms with Gasteiger partial charge in [-0.05, 0) is 71.2 Å². The molecule has 4 rings (SSSR count). The number of rotatable bonds is 4. The Kier molecular flexibility index (Phi) is 5.13. The highest BCUT2D eigenvalue weighted by molar-refractivity contribution is 5.69. The molecular formula is C23H31N7O. The minimum atomic E-state index is 0.0271. The van der Waals surface area contributed by atoms with Crippen LogP contribution >= 0.6 is 0 Å². The van der Waals surface area contributed by atoms with Crippen molar-refractivity contribution in [1.82, 2.24) is 25.0 Å². The Labute approximate surface area is 183 Å². The van der Waals surface area contributed by atoms with Crippen LogP contribution in [0.5, 0.6) is 5.75 Å². The van der Waals surface area contributed by atoms with Crippen LogP contribution in [0.4, 0.5) is 11.6 Å². The summed E-state index contributed by atoms with van der Waals surface area (Å²) in [6.45, 7) is 9.10. The fourth-order valence-corrected chi connectivity index (χ4v) is 4.94. The maximum absolute atomic E-state index is 10.6. The standard InChI is InChI=1S/C23H31N7O/c1-22(2)12-6-13-23(3,4)30(22)28(5)21-10-9-18(26-27-21)17-8-7-16(15-19(17)31)29-20(24)11-14-25-29/h7-11,14-15,31H,6,12-13,24H2,1-5H3. The van der Waals surface area contributed by atoms with Gasteiger partial charge in [-0.2, -0.15) is 5.10 Å². The monoisotopic (exact) mass is 421 g/mol. The molecular weight excluding hydrogens is 390 g/mol. The Morgan fingerprint density at radius 2 is 1.71 bits per heavy atom. The number of piperidine rings is 1. The van der Waals surface area contributed by atoms with E-state index in [4.69, 9.17) is 5.73 Å². The van der Waals surface area contributed by atoms with Gasteiger partial charge in [-0.1, -0.05) is 0 Å². The summed E-state index contributed by atoms with van der Waals surface area (Å²) < 4.78 is 1.56. The molecule has 0 amide bonds. The highest BCUT2D eigenvalue weighted by atomic mass is 16.3. The van der Waals surface area contributed by atoms with Crippen LogP contribution in [0.25, 0.3) is 16.9 Å². The van der Waals surface area contributed by atoms with Gasteiger partial charge in [0.05, 0.1) is 17.6 Å². The summed E-state index contributed by atoms with van der Waals surface area (Å²) in [7, 11) is 2.04. The number of phenols is 1. The fourth-order valence-electron chi connectivity index (χ4n) is 4.94. The third kappa shape index (κ3) is 3.83. The fraction of sp³-hybridized carbons (Fsp3) is 0.435. The molecule has 8 heteroatoms. The molecule has 0 spiro atoms. The Balaban J connectivity index is 1.60. The van der Waals surface area contributed by atoms with Crippen LogP contribution in [0, 0.1) is 0 Å². The number of aromatic hydroxyl groups is 1. The van der Waals surface area contributed by atoms with Crippen molar-refractivity contribution in [1.29, 1.82) is 0 Å². The summed E-state index contributed by atoms with van der Waals surface area (Å²) in [5.74, 6) is 1.37. The van der Waals surface area contributed by atoms with E-state index in [1.165, 1.54) is 6.42 Å². The van der Waals surface area contributed by atoms with E-state index in [2.05, 4.69) is 53.0 Å². The molecule has 0 bridgehead atoms. The molecule has 0 aliphatic carbocycles. The van der Waals surface area contributed by atoms with Crippen LogP contribution in [-0.4, -0.2) is 48.2 Å². The van der Waals surface area contributed by atoms with Crippen LogP contribution in [0.15, 0.2) is 42.6 Å². The van der Waals surface area contributed by atoms with Gasteiger partial charge in [0.15, 0.2) is 5.82 Å². The normalized spacial score (nSPS) is 18.1. The number of nitrogens with zero attached hydrogens (tertiary/aromatic N) is 6. The van der Waals surface area contributed by atoms with E-state index in [9.17, 15) is 5.11 Å². The van der Waals surface area contributed by atoms with Crippen LogP contribution in [0.2, 0.25) is 0 Å². The first-order chi connectivity index (χ1) is 14.6. The average molecular weight is 422 g/mol. The van der Waals surface area contributed by atoms with Crippen molar-refractivity contribution in [2.24, 2.45) is 0 Å². The van der Waals surface area contributed by atoms with E-state index in [0.29, 0.717) is 22.8 Å². The van der Waals surface area contributed by atoms with E-state index >= 15 is 0 Å². The molecule has 0 atom stereocenters. The SMILES string of the molecule is CN(c1ccc(-c2ccc(-n3nccc3N)cc2O)nn1)N1C(C)(C)CCCC1(C)C. The first-order valence-electron chi connectivity index (χ1n) is 10.6. The predicted octanol–water partition coefficient (Wildman–Crippen LogP) is 4.01. The highest BCUT2D eigenvalue weighted by Crippen LogP contribution is 2.40. The van der Waals surface area contributed by atoms with Crippen LogP contribution in [0.1, 0.15) is 47.0 Å². The molecule has 31 heavy (non-hydrogen) atoms. The second-order valence-electron chi connectivity index (χ2n) is 9.46. The number of benzene rings is 1. The molecule has 164 valence electrons. The Hall–Kier alpha value is -3.13. The van der Waals surface area contributed by atoms with Crippen LogP contribution < -0.4 is 10.7 Å². The van der Waals surface area contributed by atoms with Gasteiger partial charge in [0, 0.05) is 35.8 Å². The molecule has 2 aromatic heterocycles. The smallest absolute Gasteiger partial charge is 0.165 e. The summed E-state index contributed by atoms with van der Waals surface area (Å²) in [4.78, 5) is 0. The zero-order valence-corrected chi connectivity index (χ0v) is 18.9. The van der Waals surface area contributed by atoms with Crippen molar-refractivity contribution in [3.8, 4) is 22.7 Å². The zero-order valence-electron chi connectivity index (χ0n) is 18.9. The van der Waals surface area contributed by atoms with Gasteiger partial charge in [-0.25, -0.2) is 9.69 Å². The van der Waals surface area contributed by atoms with Crippen molar-refractivity contribution in [2.45, 2.75) is 58.0 Å². The minimum absolute atomic E-state index is 0.0271. The van der Waals surface area contributed by atoms with E-state index < -0.39 is 0 Å². The van der Waals surface area contributed by atoms with Crippen molar-refractivity contribution >= 4 is 11.6 Å². The second kappa shape index (κ2) is 7.53. The van der Waals surface area contributed by atoms with Crippen molar-refractivity contribution < 1.29 is 5.11 Å². The van der Waals surface area contributed by atoms with Gasteiger partial charge in [0.1, 0.15) is 11.6 Å². The highest BCUT2D eigenvalue weighted by Gasteiger charge is 2.44. The molecule has 3 heterocycles. The molecule has 1 fully saturated rings. The first-order valence-corrected chi connectivity index (χ1v) is 10.6. The van der Waals surface area contributed by atoms with Gasteiger partial charge in [0.25, 0.3) is 0 Å². The third-order valence-electron chi connectivity index (χ3n) is 6.18. The largest absolute Gasteiger partial charge is 0.507 e. The molecule has 0 unspecified atom stereocenters. The minimum Gasteiger partial charge on any atom is -0.507 e. The predicted molar refractivity (Wildman–Crippen MR) is 123 cm³/mol. The zero-order chi connectivity index (χ0) is 22.4. The lowest BCUT2D eigenvalue weighted by Gasteiger charge is -2.56. The summed E-state index contributed by atoms with van der Waals surface area (Å²) in [6.07, 6.45) is 5.10. The lowest BCUT2D eigenvalue weighted by molar-refractivity contribution is -0.0332. The summed E-state index contributed by atoms with van der Waals surface area (Å²) in [5.41, 5.74) is 7.85. The molecule has 1 aliphatic rings. The molecule has 0 radical (unpaired) electrons. The van der Waals surface area contributed by atoms with Crippen LogP contribution in [0.3, 0.4) is 0 Å². The van der Waals surface area contributed by atoms with Gasteiger partial charge in [-0.3, -0.25) is 5.01 Å². The molecule has 3 aromatic rings. The molecule has 1 aromatic carbocycles. The van der Waals surface area contributed by atoms with E-state index in [1.54, 1.807) is 29.1 Å². The number of anilines is 2. The molecule has 3 N–H and O–H groups in total. The number of phenolic OH excluding ortho intramolecular Hbond substituents is 1.